The standard InChI is InChI=1S/C30H32F3N5O2/c1-17-14-18(7-10-23(17)29(2,40)20-4-3-5-21(15-20)30(31,32)33)25-26-27(34)35-12-13-37(26)28(36-25)19-6-8-22-9-11-24(39)38(22)16-19/h3-5,7,10,12-15,19,22,24,39-40H,6,8-9,11,16H2,1-2H3,(H2,34,35)/t19-,22+,24?,29?/m1/s1. The van der Waals surface area contributed by atoms with Crippen molar-refractivity contribution in [3.8, 4) is 11.3 Å². The van der Waals surface area contributed by atoms with Gasteiger partial charge in [0.05, 0.1) is 5.56 Å². The fraction of sp³-hybridized carbons (Fsp3) is 0.400. The summed E-state index contributed by atoms with van der Waals surface area (Å²) in [6.45, 7) is 4.03. The molecule has 6 rings (SSSR count). The van der Waals surface area contributed by atoms with Crippen molar-refractivity contribution in [3.05, 3.63) is 82.9 Å². The number of alkyl halides is 3. The van der Waals surface area contributed by atoms with Crippen LogP contribution in [0.1, 0.15) is 66.6 Å². The molecule has 2 aromatic heterocycles. The van der Waals surface area contributed by atoms with E-state index in [0.29, 0.717) is 40.7 Å². The number of benzene rings is 2. The molecule has 4 aromatic rings. The third-order valence-electron chi connectivity index (χ3n) is 8.64. The molecule has 4 N–H and O–H groups in total. The number of nitrogens with zero attached hydrogens (tertiary/aromatic N) is 4. The van der Waals surface area contributed by atoms with Crippen LogP contribution in [-0.4, -0.2) is 48.3 Å². The molecule has 2 unspecified atom stereocenters. The fourth-order valence-electron chi connectivity index (χ4n) is 6.53. The van der Waals surface area contributed by atoms with Crippen molar-refractivity contribution < 1.29 is 23.4 Å². The highest BCUT2D eigenvalue weighted by atomic mass is 19.4. The molecule has 0 spiro atoms. The second-order valence-corrected chi connectivity index (χ2v) is 11.2. The van der Waals surface area contributed by atoms with Crippen LogP contribution in [0.25, 0.3) is 16.8 Å². The van der Waals surface area contributed by atoms with Gasteiger partial charge in [-0.3, -0.25) is 9.30 Å². The summed E-state index contributed by atoms with van der Waals surface area (Å²) in [6, 6.07) is 10.6. The van der Waals surface area contributed by atoms with E-state index in [1.807, 2.05) is 29.7 Å². The lowest BCUT2D eigenvalue weighted by molar-refractivity contribution is -0.137. The van der Waals surface area contributed by atoms with Gasteiger partial charge in [-0.1, -0.05) is 24.3 Å². The highest BCUT2D eigenvalue weighted by Gasteiger charge is 2.39. The average Bonchev–Trinajstić information content (AvgIpc) is 3.49. The van der Waals surface area contributed by atoms with Gasteiger partial charge in [-0.2, -0.15) is 13.2 Å². The highest BCUT2D eigenvalue weighted by Crippen LogP contribution is 2.41. The Hall–Kier alpha value is -3.47. The Kier molecular flexibility index (Phi) is 6.40. The molecule has 40 heavy (non-hydrogen) atoms. The lowest BCUT2D eigenvalue weighted by Gasteiger charge is -2.36. The Morgan fingerprint density at radius 2 is 1.77 bits per heavy atom. The van der Waals surface area contributed by atoms with Crippen molar-refractivity contribution in [1.29, 1.82) is 0 Å². The maximum Gasteiger partial charge on any atom is 0.416 e. The van der Waals surface area contributed by atoms with Gasteiger partial charge < -0.3 is 15.9 Å². The molecule has 4 atom stereocenters. The first-order valence-electron chi connectivity index (χ1n) is 13.5. The van der Waals surface area contributed by atoms with Gasteiger partial charge in [0.2, 0.25) is 0 Å². The molecular formula is C30H32F3N5O2. The van der Waals surface area contributed by atoms with Crippen LogP contribution >= 0.6 is 0 Å². The number of rotatable bonds is 4. The molecule has 0 amide bonds. The topological polar surface area (TPSA) is 99.9 Å². The van der Waals surface area contributed by atoms with Gasteiger partial charge in [-0.25, -0.2) is 9.97 Å². The molecule has 0 saturated carbocycles. The van der Waals surface area contributed by atoms with Crippen molar-refractivity contribution in [2.75, 3.05) is 12.3 Å². The summed E-state index contributed by atoms with van der Waals surface area (Å²) >= 11 is 0. The molecule has 2 aromatic carbocycles. The van der Waals surface area contributed by atoms with E-state index >= 15 is 0 Å². The van der Waals surface area contributed by atoms with Gasteiger partial charge in [0.15, 0.2) is 0 Å². The minimum Gasteiger partial charge on any atom is -0.382 e. The second-order valence-electron chi connectivity index (χ2n) is 11.2. The van der Waals surface area contributed by atoms with Crippen LogP contribution < -0.4 is 5.73 Å². The highest BCUT2D eigenvalue weighted by molar-refractivity contribution is 5.85. The summed E-state index contributed by atoms with van der Waals surface area (Å²) in [7, 11) is 0. The molecule has 7 nitrogen and oxygen atoms in total. The van der Waals surface area contributed by atoms with Crippen LogP contribution in [0.2, 0.25) is 0 Å². The van der Waals surface area contributed by atoms with Crippen LogP contribution in [-0.2, 0) is 11.8 Å². The van der Waals surface area contributed by atoms with Crippen LogP contribution in [0.5, 0.6) is 0 Å². The number of nitrogens with two attached hydrogens (primary N) is 1. The molecule has 2 fully saturated rings. The zero-order valence-corrected chi connectivity index (χ0v) is 22.4. The number of imidazole rings is 1. The molecular weight excluding hydrogens is 519 g/mol. The van der Waals surface area contributed by atoms with Crippen molar-refractivity contribution >= 4 is 11.3 Å². The molecule has 2 aliphatic heterocycles. The van der Waals surface area contributed by atoms with Crippen molar-refractivity contribution in [3.63, 3.8) is 0 Å². The largest absolute Gasteiger partial charge is 0.416 e. The Labute approximate surface area is 230 Å². The van der Waals surface area contributed by atoms with Gasteiger partial charge in [0.1, 0.15) is 34.7 Å². The number of anilines is 1. The Balaban J connectivity index is 1.39. The average molecular weight is 552 g/mol. The third-order valence-corrected chi connectivity index (χ3v) is 8.64. The lowest BCUT2D eigenvalue weighted by Crippen LogP contribution is -2.43. The summed E-state index contributed by atoms with van der Waals surface area (Å²) in [5.41, 5.74) is 7.33. The second kappa shape index (κ2) is 9.57. The van der Waals surface area contributed by atoms with Gasteiger partial charge in [-0.15, -0.1) is 0 Å². The maximum absolute atomic E-state index is 13.3. The molecule has 2 saturated heterocycles. The van der Waals surface area contributed by atoms with Gasteiger partial charge in [0.25, 0.3) is 0 Å². The summed E-state index contributed by atoms with van der Waals surface area (Å²) in [6.07, 6.45) is 2.30. The lowest BCUT2D eigenvalue weighted by atomic mass is 9.84. The monoisotopic (exact) mass is 551 g/mol. The van der Waals surface area contributed by atoms with Gasteiger partial charge >= 0.3 is 6.18 Å². The predicted molar refractivity (Wildman–Crippen MR) is 145 cm³/mol. The molecule has 4 heterocycles. The first-order chi connectivity index (χ1) is 18.9. The van der Waals surface area contributed by atoms with E-state index in [1.165, 1.54) is 19.1 Å². The molecule has 210 valence electrons. The number of nitrogen functional groups attached to an aromatic ring is 1. The van der Waals surface area contributed by atoms with Crippen molar-refractivity contribution in [2.24, 2.45) is 0 Å². The third kappa shape index (κ3) is 4.44. The zero-order chi connectivity index (χ0) is 28.4. The Morgan fingerprint density at radius 1 is 1.02 bits per heavy atom. The summed E-state index contributed by atoms with van der Waals surface area (Å²) in [5, 5.41) is 21.9. The van der Waals surface area contributed by atoms with Crippen molar-refractivity contribution in [1.82, 2.24) is 19.3 Å². The number of aromatic nitrogens is 3. The van der Waals surface area contributed by atoms with E-state index < -0.39 is 23.6 Å². The summed E-state index contributed by atoms with van der Waals surface area (Å²) in [5.74, 6) is 1.30. The Bertz CT molecular complexity index is 1580. The van der Waals surface area contributed by atoms with Gasteiger partial charge in [0, 0.05) is 36.5 Å². The fourth-order valence-corrected chi connectivity index (χ4v) is 6.53. The SMILES string of the molecule is Cc1cc(-c2nc([C@@H]3CC[C@H]4CCC(O)N4C3)n3ccnc(N)c23)ccc1C(C)(O)c1cccc(C(F)(F)F)c1. The van der Waals surface area contributed by atoms with Crippen LogP contribution in [0.15, 0.2) is 54.9 Å². The van der Waals surface area contributed by atoms with Crippen molar-refractivity contribution in [2.45, 2.75) is 69.5 Å². The number of aryl methyl sites for hydroxylation is 1. The van der Waals surface area contributed by atoms with E-state index in [-0.39, 0.29) is 11.5 Å². The number of fused-ring (bicyclic) bond motifs is 2. The molecule has 10 heteroatoms. The molecule has 0 radical (unpaired) electrons. The van der Waals surface area contributed by atoms with E-state index in [4.69, 9.17) is 10.7 Å². The first kappa shape index (κ1) is 26.7. The van der Waals surface area contributed by atoms with Gasteiger partial charge in [-0.05, 0) is 74.4 Å². The minimum absolute atomic E-state index is 0.106. The number of piperidine rings is 1. The molecule has 0 aliphatic carbocycles. The first-order valence-corrected chi connectivity index (χ1v) is 13.5. The van der Waals surface area contributed by atoms with E-state index in [9.17, 15) is 23.4 Å². The number of aliphatic hydroxyl groups excluding tert-OH is 1. The number of aliphatic hydroxyl groups is 2. The van der Waals surface area contributed by atoms with E-state index in [0.717, 1.165) is 49.2 Å². The normalized spacial score (nSPS) is 23.3. The zero-order valence-electron chi connectivity index (χ0n) is 22.4. The summed E-state index contributed by atoms with van der Waals surface area (Å²) in [4.78, 5) is 11.5. The number of hydrogen-bond donors (Lipinski definition) is 3. The molecule has 0 bridgehead atoms. The summed E-state index contributed by atoms with van der Waals surface area (Å²) < 4.78 is 42.0. The van der Waals surface area contributed by atoms with Crippen LogP contribution in [0.3, 0.4) is 0 Å². The minimum atomic E-state index is -4.51. The number of hydrogen-bond acceptors (Lipinski definition) is 6. The molecule has 2 aliphatic rings. The maximum atomic E-state index is 13.3. The Morgan fingerprint density at radius 3 is 2.52 bits per heavy atom. The number of halogens is 3. The van der Waals surface area contributed by atoms with E-state index in [1.54, 1.807) is 12.3 Å². The van der Waals surface area contributed by atoms with Crippen LogP contribution in [0.4, 0.5) is 19.0 Å². The van der Waals surface area contributed by atoms with E-state index in [2.05, 4.69) is 9.88 Å². The van der Waals surface area contributed by atoms with Crippen LogP contribution in [0, 0.1) is 6.92 Å². The smallest absolute Gasteiger partial charge is 0.382 e. The predicted octanol–water partition coefficient (Wildman–Crippen LogP) is 5.22. The quantitative estimate of drug-likeness (QED) is 0.322.